The number of carbonyl (C=O) groups is 1. The van der Waals surface area contributed by atoms with Crippen LogP contribution in [0, 0.1) is 16.7 Å². The number of carbonyl (C=O) groups excluding carboxylic acids is 1. The number of Topliss-reactive ketones (excluding diaryl/α,β-unsaturated/α-hetero) is 1. The van der Waals surface area contributed by atoms with Crippen molar-refractivity contribution in [1.29, 1.82) is 0 Å². The highest BCUT2D eigenvalue weighted by molar-refractivity contribution is 5.85. The Hall–Kier alpha value is -0.410. The van der Waals surface area contributed by atoms with Gasteiger partial charge in [0.15, 0.2) is 0 Å². The molecule has 0 spiro atoms. The van der Waals surface area contributed by atoms with E-state index in [0.29, 0.717) is 12.8 Å². The minimum absolute atomic E-state index is 0.0498. The molecule has 3 nitrogen and oxygen atoms in total. The Morgan fingerprint density at radius 3 is 2.39 bits per heavy atom. The fourth-order valence-electron chi connectivity index (χ4n) is 4.35. The molecule has 0 amide bonds. The maximum Gasteiger partial charge on any atom is 0.139 e. The number of hydrogen-bond acceptors (Lipinski definition) is 3. The summed E-state index contributed by atoms with van der Waals surface area (Å²) in [4.78, 5) is 12.3. The van der Waals surface area contributed by atoms with Gasteiger partial charge in [-0.2, -0.15) is 0 Å². The zero-order chi connectivity index (χ0) is 13.8. The molecule has 2 saturated carbocycles. The Morgan fingerprint density at radius 2 is 1.89 bits per heavy atom. The monoisotopic (exact) mass is 254 g/mol. The largest absolute Gasteiger partial charge is 0.392 e. The molecule has 2 rings (SSSR count). The van der Waals surface area contributed by atoms with Gasteiger partial charge in [0.25, 0.3) is 0 Å². The fraction of sp³-hybridized carbons (Fsp3) is 0.933. The molecule has 104 valence electrons. The second-order valence-electron chi connectivity index (χ2n) is 7.08. The first-order chi connectivity index (χ1) is 8.18. The quantitative estimate of drug-likeness (QED) is 0.795. The molecule has 0 heterocycles. The van der Waals surface area contributed by atoms with Crippen LogP contribution in [0.5, 0.6) is 0 Å². The average molecular weight is 254 g/mol. The third-order valence-corrected chi connectivity index (χ3v) is 6.01. The van der Waals surface area contributed by atoms with E-state index in [1.165, 1.54) is 0 Å². The molecule has 0 aliphatic heterocycles. The van der Waals surface area contributed by atoms with Crippen LogP contribution in [-0.2, 0) is 4.79 Å². The number of hydrogen-bond donors (Lipinski definition) is 2. The minimum atomic E-state index is -0.809. The zero-order valence-corrected chi connectivity index (χ0v) is 12.0. The van der Waals surface area contributed by atoms with E-state index in [-0.39, 0.29) is 17.1 Å². The summed E-state index contributed by atoms with van der Waals surface area (Å²) < 4.78 is 0. The van der Waals surface area contributed by atoms with Gasteiger partial charge in [-0.15, -0.1) is 0 Å². The smallest absolute Gasteiger partial charge is 0.139 e. The standard InChI is InChI=1S/C15H26O3/c1-10(2)14(18)8-7-13(4)6-5-12(17)15(13,9-14)11(3)16/h10,12,17-18H,5-9H2,1-4H3/t12-,13-,14+,15+/m0/s1. The van der Waals surface area contributed by atoms with Crippen molar-refractivity contribution in [1.82, 2.24) is 0 Å². The van der Waals surface area contributed by atoms with Gasteiger partial charge in [0.1, 0.15) is 5.78 Å². The summed E-state index contributed by atoms with van der Waals surface area (Å²) in [6.07, 6.45) is 2.98. The van der Waals surface area contributed by atoms with E-state index >= 15 is 0 Å². The molecule has 0 unspecified atom stereocenters. The van der Waals surface area contributed by atoms with Gasteiger partial charge in [0, 0.05) is 0 Å². The normalized spacial score (nSPS) is 48.3. The molecule has 18 heavy (non-hydrogen) atoms. The highest BCUT2D eigenvalue weighted by atomic mass is 16.3. The zero-order valence-electron chi connectivity index (χ0n) is 12.0. The summed E-state index contributed by atoms with van der Waals surface area (Å²) in [6.45, 7) is 7.69. The molecule has 3 heteroatoms. The van der Waals surface area contributed by atoms with Crippen LogP contribution < -0.4 is 0 Å². The lowest BCUT2D eigenvalue weighted by molar-refractivity contribution is -0.171. The van der Waals surface area contributed by atoms with Crippen molar-refractivity contribution in [2.75, 3.05) is 0 Å². The molecular formula is C15H26O3. The van der Waals surface area contributed by atoms with E-state index < -0.39 is 17.1 Å². The Kier molecular flexibility index (Phi) is 3.14. The molecule has 0 aromatic rings. The van der Waals surface area contributed by atoms with Crippen molar-refractivity contribution in [3.8, 4) is 0 Å². The number of rotatable bonds is 2. The lowest BCUT2D eigenvalue weighted by Crippen LogP contribution is -2.58. The van der Waals surface area contributed by atoms with Crippen LogP contribution in [0.1, 0.15) is 59.8 Å². The van der Waals surface area contributed by atoms with Gasteiger partial charge in [-0.3, -0.25) is 4.79 Å². The number of fused-ring (bicyclic) bond motifs is 1. The van der Waals surface area contributed by atoms with E-state index in [2.05, 4.69) is 6.92 Å². The highest BCUT2D eigenvalue weighted by Gasteiger charge is 2.65. The molecule has 2 fully saturated rings. The Bertz CT molecular complexity index is 365. The van der Waals surface area contributed by atoms with Crippen LogP contribution >= 0.6 is 0 Å². The predicted molar refractivity (Wildman–Crippen MR) is 70.1 cm³/mol. The predicted octanol–water partition coefficient (Wildman–Crippen LogP) is 2.29. The van der Waals surface area contributed by atoms with Crippen molar-refractivity contribution in [2.24, 2.45) is 16.7 Å². The summed E-state index contributed by atoms with van der Waals surface area (Å²) >= 11 is 0. The molecule has 2 aliphatic rings. The van der Waals surface area contributed by atoms with Crippen molar-refractivity contribution in [2.45, 2.75) is 71.5 Å². The topological polar surface area (TPSA) is 57.5 Å². The average Bonchev–Trinajstić information content (AvgIpc) is 2.54. The minimum Gasteiger partial charge on any atom is -0.392 e. The Balaban J connectivity index is 2.46. The Labute approximate surface area is 110 Å². The van der Waals surface area contributed by atoms with E-state index in [0.717, 1.165) is 19.3 Å². The molecular weight excluding hydrogens is 228 g/mol. The van der Waals surface area contributed by atoms with E-state index in [9.17, 15) is 15.0 Å². The van der Waals surface area contributed by atoms with Gasteiger partial charge in [0.2, 0.25) is 0 Å². The van der Waals surface area contributed by atoms with E-state index in [4.69, 9.17) is 0 Å². The SMILES string of the molecule is CC(=O)[C@@]12C[C@@](O)(C(C)C)CC[C@]1(C)CC[C@@H]2O. The molecule has 0 aromatic heterocycles. The molecule has 0 aromatic carbocycles. The lowest BCUT2D eigenvalue weighted by atomic mass is 9.51. The van der Waals surface area contributed by atoms with Crippen molar-refractivity contribution < 1.29 is 15.0 Å². The summed E-state index contributed by atoms with van der Waals surface area (Å²) in [5.41, 5.74) is -1.68. The Morgan fingerprint density at radius 1 is 1.28 bits per heavy atom. The number of aliphatic hydroxyl groups excluding tert-OH is 1. The second-order valence-corrected chi connectivity index (χ2v) is 7.08. The van der Waals surface area contributed by atoms with Crippen LogP contribution in [0.15, 0.2) is 0 Å². The summed E-state index contributed by atoms with van der Waals surface area (Å²) in [7, 11) is 0. The number of aliphatic hydroxyl groups is 2. The third kappa shape index (κ3) is 1.60. The molecule has 2 N–H and O–H groups in total. The third-order valence-electron chi connectivity index (χ3n) is 6.01. The molecule has 4 atom stereocenters. The summed E-state index contributed by atoms with van der Waals surface area (Å²) in [6, 6.07) is 0. The van der Waals surface area contributed by atoms with Crippen molar-refractivity contribution >= 4 is 5.78 Å². The van der Waals surface area contributed by atoms with Gasteiger partial charge in [-0.25, -0.2) is 0 Å². The van der Waals surface area contributed by atoms with Crippen LogP contribution in [0.4, 0.5) is 0 Å². The fourth-order valence-corrected chi connectivity index (χ4v) is 4.35. The van der Waals surface area contributed by atoms with Gasteiger partial charge in [-0.05, 0) is 50.4 Å². The van der Waals surface area contributed by atoms with Gasteiger partial charge in [0.05, 0.1) is 17.1 Å². The van der Waals surface area contributed by atoms with Crippen LogP contribution in [0.2, 0.25) is 0 Å². The van der Waals surface area contributed by atoms with Crippen LogP contribution in [0.25, 0.3) is 0 Å². The first-order valence-corrected chi connectivity index (χ1v) is 7.09. The second kappa shape index (κ2) is 4.04. The summed E-state index contributed by atoms with van der Waals surface area (Å²) in [5.74, 6) is 0.167. The first kappa shape index (κ1) is 14.0. The van der Waals surface area contributed by atoms with Crippen molar-refractivity contribution in [3.63, 3.8) is 0 Å². The van der Waals surface area contributed by atoms with E-state index in [1.807, 2.05) is 13.8 Å². The first-order valence-electron chi connectivity index (χ1n) is 7.09. The van der Waals surface area contributed by atoms with Crippen molar-refractivity contribution in [3.05, 3.63) is 0 Å². The van der Waals surface area contributed by atoms with Gasteiger partial charge < -0.3 is 10.2 Å². The number of ketones is 1. The molecule has 0 bridgehead atoms. The highest BCUT2D eigenvalue weighted by Crippen LogP contribution is 2.63. The molecule has 0 radical (unpaired) electrons. The maximum absolute atomic E-state index is 12.3. The van der Waals surface area contributed by atoms with Crippen LogP contribution in [-0.4, -0.2) is 27.7 Å². The van der Waals surface area contributed by atoms with Crippen LogP contribution in [0.3, 0.4) is 0 Å². The lowest BCUT2D eigenvalue weighted by Gasteiger charge is -2.54. The molecule has 2 aliphatic carbocycles. The maximum atomic E-state index is 12.3. The van der Waals surface area contributed by atoms with Gasteiger partial charge in [-0.1, -0.05) is 20.8 Å². The van der Waals surface area contributed by atoms with E-state index in [1.54, 1.807) is 6.92 Å². The summed E-state index contributed by atoms with van der Waals surface area (Å²) in [5, 5.41) is 21.2. The van der Waals surface area contributed by atoms with Gasteiger partial charge >= 0.3 is 0 Å². The molecule has 0 saturated heterocycles.